The normalized spacial score (nSPS) is 11.6. The van der Waals surface area contributed by atoms with E-state index in [-0.39, 0.29) is 25.1 Å². The molecule has 0 aliphatic heterocycles. The van der Waals surface area contributed by atoms with E-state index in [1.807, 2.05) is 54.6 Å². The highest BCUT2D eigenvalue weighted by atomic mass is 16.5. The molecule has 36 heavy (non-hydrogen) atoms. The van der Waals surface area contributed by atoms with Gasteiger partial charge < -0.3 is 25.0 Å². The van der Waals surface area contributed by atoms with Gasteiger partial charge in [-0.25, -0.2) is 0 Å². The maximum atomic E-state index is 13.9. The van der Waals surface area contributed by atoms with Crippen molar-refractivity contribution in [1.29, 1.82) is 0 Å². The molecule has 0 bridgehead atoms. The summed E-state index contributed by atoms with van der Waals surface area (Å²) in [5.41, 5.74) is 2.47. The van der Waals surface area contributed by atoms with Gasteiger partial charge >= 0.3 is 5.97 Å². The number of benzene rings is 3. The van der Waals surface area contributed by atoms with Gasteiger partial charge in [0.15, 0.2) is 0 Å². The van der Waals surface area contributed by atoms with E-state index in [2.05, 4.69) is 10.3 Å². The van der Waals surface area contributed by atoms with Crippen LogP contribution in [0.5, 0.6) is 5.75 Å². The average Bonchev–Trinajstić information content (AvgIpc) is 3.34. The van der Waals surface area contributed by atoms with Crippen molar-refractivity contribution < 1.29 is 24.2 Å². The Balaban J connectivity index is 1.67. The van der Waals surface area contributed by atoms with Crippen LogP contribution < -0.4 is 15.0 Å². The quantitative estimate of drug-likeness (QED) is 0.309. The minimum atomic E-state index is -1.08. The van der Waals surface area contributed by atoms with Crippen LogP contribution in [0.1, 0.15) is 28.9 Å². The topological polar surface area (TPSA) is 112 Å². The third-order valence-electron chi connectivity index (χ3n) is 5.85. The molecule has 1 unspecified atom stereocenters. The van der Waals surface area contributed by atoms with E-state index in [1.54, 1.807) is 30.3 Å². The number of fused-ring (bicyclic) bond motifs is 1. The predicted octanol–water partition coefficient (Wildman–Crippen LogP) is 4.37. The Morgan fingerprint density at radius 3 is 2.39 bits per heavy atom. The summed E-state index contributed by atoms with van der Waals surface area (Å²) in [4.78, 5) is 43.0. The first kappa shape index (κ1) is 24.5. The molecule has 0 fully saturated rings. The molecule has 184 valence electrons. The van der Waals surface area contributed by atoms with Gasteiger partial charge in [-0.05, 0) is 36.2 Å². The summed E-state index contributed by atoms with van der Waals surface area (Å²) < 4.78 is 5.50. The van der Waals surface area contributed by atoms with Crippen molar-refractivity contribution in [3.63, 3.8) is 0 Å². The highest BCUT2D eigenvalue weighted by Gasteiger charge is 2.30. The molecule has 0 aliphatic rings. The number of ether oxygens (including phenoxy) is 1. The van der Waals surface area contributed by atoms with E-state index in [0.29, 0.717) is 11.4 Å². The molecule has 0 aliphatic carbocycles. The number of H-pyrrole nitrogens is 1. The molecular formula is C28H27N3O5. The van der Waals surface area contributed by atoms with Crippen LogP contribution >= 0.6 is 0 Å². The first-order valence-electron chi connectivity index (χ1n) is 11.5. The molecule has 8 nitrogen and oxygen atoms in total. The fourth-order valence-corrected chi connectivity index (χ4v) is 4.05. The Hall–Kier alpha value is -4.59. The molecule has 1 heterocycles. The van der Waals surface area contributed by atoms with Gasteiger partial charge in [0.2, 0.25) is 5.91 Å². The van der Waals surface area contributed by atoms with Crippen LogP contribution in [0.15, 0.2) is 84.9 Å². The van der Waals surface area contributed by atoms with Gasteiger partial charge in [-0.2, -0.15) is 0 Å². The number of carboxylic acid groups (broad SMARTS) is 1. The number of hydrogen-bond donors (Lipinski definition) is 3. The van der Waals surface area contributed by atoms with E-state index >= 15 is 0 Å². The lowest BCUT2D eigenvalue weighted by Gasteiger charge is -2.29. The zero-order valence-electron chi connectivity index (χ0n) is 19.8. The van der Waals surface area contributed by atoms with Crippen molar-refractivity contribution in [3.8, 4) is 5.75 Å². The zero-order valence-corrected chi connectivity index (χ0v) is 19.8. The molecule has 4 aromatic rings. The summed E-state index contributed by atoms with van der Waals surface area (Å²) in [6.45, 7) is 0.214. The second-order valence-electron chi connectivity index (χ2n) is 8.31. The molecule has 1 aromatic heterocycles. The van der Waals surface area contributed by atoms with E-state index in [9.17, 15) is 19.5 Å². The number of nitrogens with zero attached hydrogens (tertiary/aromatic N) is 1. The van der Waals surface area contributed by atoms with Crippen LogP contribution in [0, 0.1) is 0 Å². The summed E-state index contributed by atoms with van der Waals surface area (Å²) in [5.74, 6) is -1.50. The molecular weight excluding hydrogens is 458 g/mol. The van der Waals surface area contributed by atoms with Crippen LogP contribution in [0.25, 0.3) is 10.9 Å². The number of methoxy groups -OCH3 is 1. The fourth-order valence-electron chi connectivity index (χ4n) is 4.05. The van der Waals surface area contributed by atoms with Crippen molar-refractivity contribution in [2.24, 2.45) is 0 Å². The van der Waals surface area contributed by atoms with Gasteiger partial charge in [-0.1, -0.05) is 60.7 Å². The van der Waals surface area contributed by atoms with E-state index in [4.69, 9.17) is 4.74 Å². The second kappa shape index (κ2) is 11.2. The third kappa shape index (κ3) is 5.72. The maximum Gasteiger partial charge on any atom is 0.303 e. The summed E-state index contributed by atoms with van der Waals surface area (Å²) in [7, 11) is 1.52. The number of nitrogens with one attached hydrogen (secondary N) is 2. The van der Waals surface area contributed by atoms with Gasteiger partial charge in [0.05, 0.1) is 19.3 Å². The zero-order chi connectivity index (χ0) is 25.5. The van der Waals surface area contributed by atoms with Crippen molar-refractivity contribution in [2.75, 3.05) is 12.0 Å². The molecule has 3 N–H and O–H groups in total. The smallest absolute Gasteiger partial charge is 0.303 e. The molecule has 2 amide bonds. The number of hydrogen-bond acceptors (Lipinski definition) is 4. The summed E-state index contributed by atoms with van der Waals surface area (Å²) >= 11 is 0. The Morgan fingerprint density at radius 2 is 1.67 bits per heavy atom. The van der Waals surface area contributed by atoms with E-state index in [1.165, 1.54) is 12.0 Å². The molecule has 0 radical (unpaired) electrons. The van der Waals surface area contributed by atoms with Gasteiger partial charge in [-0.15, -0.1) is 0 Å². The highest BCUT2D eigenvalue weighted by molar-refractivity contribution is 6.04. The van der Waals surface area contributed by atoms with Gasteiger partial charge in [0, 0.05) is 17.3 Å². The molecule has 0 saturated carbocycles. The van der Waals surface area contributed by atoms with E-state index in [0.717, 1.165) is 16.5 Å². The minimum absolute atomic E-state index is 0.0689. The first-order chi connectivity index (χ1) is 17.5. The Labute approximate surface area is 208 Å². The predicted molar refractivity (Wildman–Crippen MR) is 137 cm³/mol. The molecule has 0 spiro atoms. The van der Waals surface area contributed by atoms with Crippen molar-refractivity contribution in [1.82, 2.24) is 10.3 Å². The third-order valence-corrected chi connectivity index (χ3v) is 5.85. The fraction of sp³-hybridized carbons (Fsp3) is 0.179. The number of carbonyl (C=O) groups is 3. The number of aliphatic carboxylic acids is 1. The average molecular weight is 486 g/mol. The Kier molecular flexibility index (Phi) is 7.65. The van der Waals surface area contributed by atoms with Crippen molar-refractivity contribution in [2.45, 2.75) is 25.4 Å². The van der Waals surface area contributed by atoms with Crippen LogP contribution in [-0.4, -0.2) is 41.0 Å². The number of rotatable bonds is 10. The van der Waals surface area contributed by atoms with Crippen LogP contribution in [0.2, 0.25) is 0 Å². The highest BCUT2D eigenvalue weighted by Crippen LogP contribution is 2.30. The Morgan fingerprint density at radius 1 is 0.972 bits per heavy atom. The first-order valence-corrected chi connectivity index (χ1v) is 11.5. The van der Waals surface area contributed by atoms with Crippen LogP contribution in [0.3, 0.4) is 0 Å². The number of anilines is 1. The number of aromatic nitrogens is 1. The number of amides is 2. The lowest BCUT2D eigenvalue weighted by atomic mass is 10.1. The number of aromatic amines is 1. The number of carbonyl (C=O) groups excluding carboxylic acids is 2. The van der Waals surface area contributed by atoms with Crippen molar-refractivity contribution in [3.05, 3.63) is 96.2 Å². The lowest BCUT2D eigenvalue weighted by molar-refractivity contribution is -0.137. The standard InChI is InChI=1S/C28H27N3O5/c1-36-25-14-8-7-13-24(25)31(18-19-9-3-2-4-10-19)28(35)22(15-16-26(32)33)30-27(34)23-17-20-11-5-6-12-21(20)29-23/h2-14,17,22,29H,15-16,18H2,1H3,(H,30,34)(H,32,33). The van der Waals surface area contributed by atoms with E-state index < -0.39 is 23.8 Å². The summed E-state index contributed by atoms with van der Waals surface area (Å²) in [6.07, 6.45) is -0.352. The lowest BCUT2D eigenvalue weighted by Crippen LogP contribution is -2.49. The summed E-state index contributed by atoms with van der Waals surface area (Å²) in [5, 5.41) is 12.9. The minimum Gasteiger partial charge on any atom is -0.495 e. The second-order valence-corrected chi connectivity index (χ2v) is 8.31. The largest absolute Gasteiger partial charge is 0.495 e. The SMILES string of the molecule is COc1ccccc1N(Cc1ccccc1)C(=O)C(CCC(=O)O)NC(=O)c1cc2ccccc2[nH]1. The molecule has 3 aromatic carbocycles. The van der Waals surface area contributed by atoms with Gasteiger partial charge in [0.1, 0.15) is 17.5 Å². The van der Waals surface area contributed by atoms with Crippen molar-refractivity contribution >= 4 is 34.4 Å². The Bertz CT molecular complexity index is 1330. The maximum absolute atomic E-state index is 13.9. The van der Waals surface area contributed by atoms with Gasteiger partial charge in [-0.3, -0.25) is 14.4 Å². The molecule has 8 heteroatoms. The molecule has 0 saturated heterocycles. The van der Waals surface area contributed by atoms with Gasteiger partial charge in [0.25, 0.3) is 5.91 Å². The number of para-hydroxylation sites is 3. The van der Waals surface area contributed by atoms with Crippen LogP contribution in [0.4, 0.5) is 5.69 Å². The summed E-state index contributed by atoms with van der Waals surface area (Å²) in [6, 6.07) is 24.6. The van der Waals surface area contributed by atoms with Crippen LogP contribution in [-0.2, 0) is 16.1 Å². The molecule has 4 rings (SSSR count). The molecule has 1 atom stereocenters. The monoisotopic (exact) mass is 485 g/mol. The number of carboxylic acids is 1.